The number of ketones is 1. The molecule has 0 saturated carbocycles. The van der Waals surface area contributed by atoms with Gasteiger partial charge in [-0.2, -0.15) is 0 Å². The van der Waals surface area contributed by atoms with Gasteiger partial charge in [0.25, 0.3) is 5.69 Å². The van der Waals surface area contributed by atoms with Crippen LogP contribution in [0.1, 0.15) is 36.7 Å². The van der Waals surface area contributed by atoms with Crippen molar-refractivity contribution in [3.05, 3.63) is 69.5 Å². The van der Waals surface area contributed by atoms with Gasteiger partial charge in [-0.25, -0.2) is 0 Å². The van der Waals surface area contributed by atoms with Crippen molar-refractivity contribution in [2.24, 2.45) is 5.41 Å². The fraction of sp³-hybridized carbons (Fsp3) is 0.200. The van der Waals surface area contributed by atoms with Crippen molar-refractivity contribution in [3.8, 4) is 11.5 Å². The number of Topliss-reactive ketones (excluding diaryl/α,β-unsaturated/α-hetero) is 1. The molecule has 138 valence electrons. The van der Waals surface area contributed by atoms with E-state index in [0.717, 1.165) is 0 Å². The van der Waals surface area contributed by atoms with Crippen LogP contribution in [-0.4, -0.2) is 16.7 Å². The summed E-state index contributed by atoms with van der Waals surface area (Å²) in [5.41, 5.74) is 0.0636. The number of rotatable bonds is 3. The third-order valence-electron chi connectivity index (χ3n) is 3.84. The third-order valence-corrected chi connectivity index (χ3v) is 3.84. The van der Waals surface area contributed by atoms with Gasteiger partial charge in [0.15, 0.2) is 5.76 Å². The van der Waals surface area contributed by atoms with Gasteiger partial charge in [0.2, 0.25) is 5.78 Å². The molecular weight excluding hydrogens is 350 g/mol. The molecule has 1 heterocycles. The lowest BCUT2D eigenvalue weighted by Crippen LogP contribution is -2.25. The molecule has 0 spiro atoms. The Balaban J connectivity index is 1.86. The molecule has 0 aliphatic carbocycles. The van der Waals surface area contributed by atoms with Crippen LogP contribution < -0.4 is 9.47 Å². The van der Waals surface area contributed by atoms with Crippen LogP contribution in [0.25, 0.3) is 6.08 Å². The molecule has 0 saturated heterocycles. The second kappa shape index (κ2) is 6.68. The van der Waals surface area contributed by atoms with Crippen LogP contribution in [-0.2, 0) is 4.79 Å². The van der Waals surface area contributed by atoms with E-state index in [-0.39, 0.29) is 28.7 Å². The van der Waals surface area contributed by atoms with Gasteiger partial charge >= 0.3 is 5.97 Å². The molecule has 0 aromatic heterocycles. The quantitative estimate of drug-likeness (QED) is 0.266. The summed E-state index contributed by atoms with van der Waals surface area (Å²) >= 11 is 0. The highest BCUT2D eigenvalue weighted by molar-refractivity contribution is 6.14. The summed E-state index contributed by atoms with van der Waals surface area (Å²) in [4.78, 5) is 34.8. The van der Waals surface area contributed by atoms with E-state index >= 15 is 0 Å². The van der Waals surface area contributed by atoms with Gasteiger partial charge in [0.1, 0.15) is 11.5 Å². The van der Waals surface area contributed by atoms with E-state index in [9.17, 15) is 19.7 Å². The number of hydrogen-bond acceptors (Lipinski definition) is 6. The second-order valence-corrected chi connectivity index (χ2v) is 7.09. The van der Waals surface area contributed by atoms with Crippen LogP contribution >= 0.6 is 0 Å². The maximum atomic E-state index is 12.5. The Hall–Kier alpha value is -3.48. The zero-order chi connectivity index (χ0) is 19.8. The molecule has 2 aromatic rings. The van der Waals surface area contributed by atoms with E-state index in [1.807, 2.05) is 0 Å². The fourth-order valence-corrected chi connectivity index (χ4v) is 2.37. The first-order valence-corrected chi connectivity index (χ1v) is 8.20. The Morgan fingerprint density at radius 3 is 2.59 bits per heavy atom. The monoisotopic (exact) mass is 367 g/mol. The minimum absolute atomic E-state index is 0.0461. The van der Waals surface area contributed by atoms with E-state index in [2.05, 4.69) is 0 Å². The zero-order valence-electron chi connectivity index (χ0n) is 15.0. The molecule has 3 rings (SSSR count). The lowest BCUT2D eigenvalue weighted by molar-refractivity contribution is -0.384. The number of nitro benzene ring substituents is 1. The van der Waals surface area contributed by atoms with Crippen molar-refractivity contribution < 1.29 is 24.0 Å². The van der Waals surface area contributed by atoms with Crippen LogP contribution in [0.2, 0.25) is 0 Å². The highest BCUT2D eigenvalue weighted by Gasteiger charge is 2.29. The molecule has 7 nitrogen and oxygen atoms in total. The molecule has 1 aliphatic rings. The number of nitro groups is 1. The zero-order valence-corrected chi connectivity index (χ0v) is 15.0. The first-order chi connectivity index (χ1) is 12.6. The summed E-state index contributed by atoms with van der Waals surface area (Å²) in [7, 11) is 0. The molecule has 0 amide bonds. The number of allylic oxidation sites excluding steroid dienone is 1. The first kappa shape index (κ1) is 18.3. The van der Waals surface area contributed by atoms with Crippen LogP contribution in [0.3, 0.4) is 0 Å². The molecule has 0 fully saturated rings. The molecule has 2 aromatic carbocycles. The van der Waals surface area contributed by atoms with E-state index in [1.165, 1.54) is 42.5 Å². The van der Waals surface area contributed by atoms with Crippen LogP contribution in [0.15, 0.2) is 48.2 Å². The summed E-state index contributed by atoms with van der Waals surface area (Å²) in [6, 6.07) is 10.4. The van der Waals surface area contributed by atoms with Gasteiger partial charge in [-0.1, -0.05) is 12.1 Å². The van der Waals surface area contributed by atoms with E-state index < -0.39 is 16.3 Å². The molecule has 0 N–H and O–H groups in total. The number of carbonyl (C=O) groups excluding carboxylic acids is 2. The highest BCUT2D eigenvalue weighted by atomic mass is 16.6. The maximum Gasteiger partial charge on any atom is 0.316 e. The van der Waals surface area contributed by atoms with E-state index in [1.54, 1.807) is 26.8 Å². The maximum absolute atomic E-state index is 12.5. The Morgan fingerprint density at radius 1 is 1.19 bits per heavy atom. The van der Waals surface area contributed by atoms with Gasteiger partial charge in [0, 0.05) is 18.2 Å². The van der Waals surface area contributed by atoms with Crippen LogP contribution in [0, 0.1) is 15.5 Å². The van der Waals surface area contributed by atoms with Crippen molar-refractivity contribution in [3.63, 3.8) is 0 Å². The topological polar surface area (TPSA) is 95.7 Å². The molecule has 0 atom stereocenters. The molecule has 1 aliphatic heterocycles. The largest absolute Gasteiger partial charge is 0.452 e. The van der Waals surface area contributed by atoms with Crippen molar-refractivity contribution in [2.75, 3.05) is 0 Å². The van der Waals surface area contributed by atoms with Crippen molar-refractivity contribution in [2.45, 2.75) is 20.8 Å². The minimum Gasteiger partial charge on any atom is -0.452 e. The summed E-state index contributed by atoms with van der Waals surface area (Å²) in [6.07, 6.45) is 1.44. The van der Waals surface area contributed by atoms with Gasteiger partial charge < -0.3 is 9.47 Å². The van der Waals surface area contributed by atoms with Crippen LogP contribution in [0.5, 0.6) is 11.5 Å². The Kier molecular flexibility index (Phi) is 4.53. The van der Waals surface area contributed by atoms with E-state index in [0.29, 0.717) is 11.1 Å². The second-order valence-electron chi connectivity index (χ2n) is 7.09. The highest BCUT2D eigenvalue weighted by Crippen LogP contribution is 2.35. The standard InChI is InChI=1S/C20H17NO6/c1-20(2,3)19(23)26-14-7-8-15-16(11-14)27-17(18(15)22)10-12-5-4-6-13(9-12)21(24)25/h4-11H,1-3H3. The first-order valence-electron chi connectivity index (χ1n) is 8.20. The smallest absolute Gasteiger partial charge is 0.316 e. The number of fused-ring (bicyclic) bond motifs is 1. The predicted octanol–water partition coefficient (Wildman–Crippen LogP) is 4.16. The SMILES string of the molecule is CC(C)(C)C(=O)Oc1ccc2c(c1)OC(=Cc1cccc([N+](=O)[O-])c1)C2=O. The number of non-ortho nitro benzene ring substituents is 1. The van der Waals surface area contributed by atoms with Crippen molar-refractivity contribution >= 4 is 23.5 Å². The summed E-state index contributed by atoms with van der Waals surface area (Å²) in [5, 5.41) is 10.9. The Labute approximate surface area is 155 Å². The minimum atomic E-state index is -0.664. The molecule has 0 radical (unpaired) electrons. The number of hydrogen-bond donors (Lipinski definition) is 0. The number of ether oxygens (including phenoxy) is 2. The third kappa shape index (κ3) is 3.87. The van der Waals surface area contributed by atoms with Gasteiger partial charge in [-0.05, 0) is 44.5 Å². The summed E-state index contributed by atoms with van der Waals surface area (Å²) in [6.45, 7) is 5.22. The van der Waals surface area contributed by atoms with Crippen LogP contribution in [0.4, 0.5) is 5.69 Å². The average molecular weight is 367 g/mol. The normalized spacial score (nSPS) is 14.6. The molecule has 7 heteroatoms. The molecule has 0 unspecified atom stereocenters. The Bertz CT molecular complexity index is 984. The van der Waals surface area contributed by atoms with E-state index in [4.69, 9.17) is 9.47 Å². The van der Waals surface area contributed by atoms with Gasteiger partial charge in [-0.3, -0.25) is 19.7 Å². The summed E-state index contributed by atoms with van der Waals surface area (Å²) in [5.74, 6) is -0.150. The molecule has 0 bridgehead atoms. The number of nitrogens with zero attached hydrogens (tertiary/aromatic N) is 1. The predicted molar refractivity (Wildman–Crippen MR) is 97.6 cm³/mol. The van der Waals surface area contributed by atoms with Gasteiger partial charge in [0.05, 0.1) is 15.9 Å². The lowest BCUT2D eigenvalue weighted by Gasteiger charge is -2.16. The fourth-order valence-electron chi connectivity index (χ4n) is 2.37. The Morgan fingerprint density at radius 2 is 1.93 bits per heavy atom. The number of carbonyl (C=O) groups is 2. The molecule has 27 heavy (non-hydrogen) atoms. The lowest BCUT2D eigenvalue weighted by atomic mass is 9.97. The average Bonchev–Trinajstić information content (AvgIpc) is 2.89. The van der Waals surface area contributed by atoms with Crippen molar-refractivity contribution in [1.82, 2.24) is 0 Å². The number of esters is 1. The van der Waals surface area contributed by atoms with Crippen molar-refractivity contribution in [1.29, 1.82) is 0 Å². The summed E-state index contributed by atoms with van der Waals surface area (Å²) < 4.78 is 10.9. The molecular formula is C20H17NO6. The van der Waals surface area contributed by atoms with Gasteiger partial charge in [-0.15, -0.1) is 0 Å². The number of benzene rings is 2.